The molecule has 1 fully saturated rings. The summed E-state index contributed by atoms with van der Waals surface area (Å²) in [6.07, 6.45) is 5.67. The van der Waals surface area contributed by atoms with Gasteiger partial charge >= 0.3 is 0 Å². The number of aromatic nitrogens is 5. The lowest BCUT2D eigenvalue weighted by Crippen LogP contribution is -2.59. The van der Waals surface area contributed by atoms with E-state index in [-0.39, 0.29) is 5.91 Å². The number of likely N-dealkylation sites (N-methyl/N-ethyl adjacent to an activating group) is 1. The lowest BCUT2D eigenvalue weighted by atomic mass is 9.89. The number of amides is 1. The Bertz CT molecular complexity index is 1180. The number of benzene rings is 1. The molecule has 2 aliphatic heterocycles. The molecule has 2 aliphatic rings. The molecule has 8 heteroatoms. The summed E-state index contributed by atoms with van der Waals surface area (Å²) in [6.45, 7) is 2.86. The molecule has 1 saturated heterocycles. The number of anilines is 2. The van der Waals surface area contributed by atoms with Gasteiger partial charge in [0.05, 0.1) is 6.20 Å². The minimum atomic E-state index is -0.522. The van der Waals surface area contributed by atoms with Gasteiger partial charge in [0.25, 0.3) is 11.9 Å². The van der Waals surface area contributed by atoms with Crippen LogP contribution < -0.4 is 9.80 Å². The molecule has 0 bridgehead atoms. The van der Waals surface area contributed by atoms with Gasteiger partial charge in [-0.15, -0.1) is 0 Å². The summed E-state index contributed by atoms with van der Waals surface area (Å²) in [5.41, 5.74) is 1.08. The van der Waals surface area contributed by atoms with Crippen molar-refractivity contribution in [3.63, 3.8) is 0 Å². The van der Waals surface area contributed by atoms with Crippen LogP contribution in [0.15, 0.2) is 42.9 Å². The maximum atomic E-state index is 13.1. The van der Waals surface area contributed by atoms with Crippen molar-refractivity contribution in [2.45, 2.75) is 31.7 Å². The number of hydrogen-bond donors (Lipinski definition) is 0. The van der Waals surface area contributed by atoms with Crippen molar-refractivity contribution in [3.05, 3.63) is 54.2 Å². The lowest BCUT2D eigenvalue weighted by molar-refractivity contribution is -0.123. The molecule has 0 N–H and O–H groups in total. The molecule has 1 unspecified atom stereocenters. The summed E-state index contributed by atoms with van der Waals surface area (Å²) in [5.74, 6) is 7.87. The van der Waals surface area contributed by atoms with E-state index in [1.807, 2.05) is 30.3 Å². The molecule has 0 saturated carbocycles. The molecular formula is C22H21N7O. The number of rotatable bonds is 2. The van der Waals surface area contributed by atoms with Crippen molar-refractivity contribution in [1.29, 1.82) is 0 Å². The van der Waals surface area contributed by atoms with E-state index < -0.39 is 5.54 Å². The highest BCUT2D eigenvalue weighted by molar-refractivity contribution is 6.07. The van der Waals surface area contributed by atoms with Crippen LogP contribution in [0.1, 0.15) is 37.6 Å². The Balaban J connectivity index is 1.57. The van der Waals surface area contributed by atoms with E-state index in [4.69, 9.17) is 4.98 Å². The minimum Gasteiger partial charge on any atom is -0.340 e. The van der Waals surface area contributed by atoms with Crippen molar-refractivity contribution in [2.24, 2.45) is 0 Å². The van der Waals surface area contributed by atoms with Crippen LogP contribution in [0.3, 0.4) is 0 Å². The summed E-state index contributed by atoms with van der Waals surface area (Å²) >= 11 is 0. The molecule has 8 nitrogen and oxygen atoms in total. The molecule has 4 heterocycles. The van der Waals surface area contributed by atoms with E-state index in [2.05, 4.69) is 38.7 Å². The molecule has 0 radical (unpaired) electrons. The second-order valence-electron chi connectivity index (χ2n) is 7.49. The molecule has 0 spiro atoms. The normalized spacial score (nSPS) is 19.9. The van der Waals surface area contributed by atoms with Gasteiger partial charge in [-0.25, -0.2) is 9.97 Å². The van der Waals surface area contributed by atoms with Gasteiger partial charge in [0.1, 0.15) is 17.6 Å². The van der Waals surface area contributed by atoms with Crippen LogP contribution in [0.2, 0.25) is 0 Å². The quantitative estimate of drug-likeness (QED) is 0.615. The highest BCUT2D eigenvalue weighted by Crippen LogP contribution is 2.45. The van der Waals surface area contributed by atoms with Gasteiger partial charge in [-0.05, 0) is 37.3 Å². The SMILES string of the molecule is CCC12CCCN1c1nc(-n3ncnc3C#Cc3ccccc3)ncc1N(C)C2=O. The molecule has 1 atom stereocenters. The molecule has 2 aromatic heterocycles. The zero-order valence-electron chi connectivity index (χ0n) is 16.9. The van der Waals surface area contributed by atoms with Crippen LogP contribution >= 0.6 is 0 Å². The Kier molecular flexibility index (Phi) is 4.24. The van der Waals surface area contributed by atoms with Gasteiger partial charge in [-0.3, -0.25) is 4.79 Å². The van der Waals surface area contributed by atoms with Crippen molar-refractivity contribution in [1.82, 2.24) is 24.7 Å². The van der Waals surface area contributed by atoms with E-state index >= 15 is 0 Å². The first kappa shape index (κ1) is 18.3. The van der Waals surface area contributed by atoms with Gasteiger partial charge in [-0.1, -0.05) is 31.0 Å². The summed E-state index contributed by atoms with van der Waals surface area (Å²) in [4.78, 5) is 30.4. The van der Waals surface area contributed by atoms with Crippen LogP contribution in [0.4, 0.5) is 11.5 Å². The fraction of sp³-hybridized carbons (Fsp3) is 0.318. The Labute approximate surface area is 174 Å². The smallest absolute Gasteiger partial charge is 0.255 e. The minimum absolute atomic E-state index is 0.113. The van der Waals surface area contributed by atoms with Crippen LogP contribution in [0.5, 0.6) is 0 Å². The predicted molar refractivity (Wildman–Crippen MR) is 112 cm³/mol. The second kappa shape index (κ2) is 6.95. The van der Waals surface area contributed by atoms with E-state index in [9.17, 15) is 4.79 Å². The molecule has 150 valence electrons. The number of carbonyl (C=O) groups is 1. The highest BCUT2D eigenvalue weighted by atomic mass is 16.2. The van der Waals surface area contributed by atoms with E-state index in [0.29, 0.717) is 17.5 Å². The van der Waals surface area contributed by atoms with Gasteiger partial charge in [0.15, 0.2) is 5.82 Å². The molecule has 30 heavy (non-hydrogen) atoms. The average Bonchev–Trinajstić information content (AvgIpc) is 3.44. The van der Waals surface area contributed by atoms with E-state index in [0.717, 1.165) is 37.2 Å². The van der Waals surface area contributed by atoms with E-state index in [1.165, 1.54) is 11.0 Å². The van der Waals surface area contributed by atoms with E-state index in [1.54, 1.807) is 18.1 Å². The molecule has 1 amide bonds. The third-order valence-electron chi connectivity index (χ3n) is 5.96. The van der Waals surface area contributed by atoms with Crippen molar-refractivity contribution in [2.75, 3.05) is 23.4 Å². The Morgan fingerprint density at radius 2 is 2.00 bits per heavy atom. The summed E-state index contributed by atoms with van der Waals surface area (Å²) in [7, 11) is 1.80. The number of hydrogen-bond acceptors (Lipinski definition) is 6. The standard InChI is InChI=1S/C22H21N7O/c1-3-22-12-7-13-28(22)19-17(27(2)20(22)30)14-23-21(26-19)29-18(24-15-25-29)11-10-16-8-5-4-6-9-16/h4-6,8-9,14-15H,3,7,12-13H2,1-2H3. The van der Waals surface area contributed by atoms with Crippen molar-refractivity contribution < 1.29 is 4.79 Å². The van der Waals surface area contributed by atoms with Crippen LogP contribution in [0.25, 0.3) is 5.95 Å². The largest absolute Gasteiger partial charge is 0.340 e. The molecular weight excluding hydrogens is 378 g/mol. The van der Waals surface area contributed by atoms with Crippen LogP contribution in [-0.4, -0.2) is 49.8 Å². The molecule has 5 rings (SSSR count). The number of nitrogens with zero attached hydrogens (tertiary/aromatic N) is 7. The van der Waals surface area contributed by atoms with Crippen LogP contribution in [-0.2, 0) is 4.79 Å². The van der Waals surface area contributed by atoms with Crippen molar-refractivity contribution >= 4 is 17.4 Å². The topological polar surface area (TPSA) is 80.0 Å². The monoisotopic (exact) mass is 399 g/mol. The van der Waals surface area contributed by atoms with Crippen molar-refractivity contribution in [3.8, 4) is 17.8 Å². The van der Waals surface area contributed by atoms with Gasteiger partial charge < -0.3 is 9.80 Å². The predicted octanol–water partition coefficient (Wildman–Crippen LogP) is 2.18. The Morgan fingerprint density at radius 3 is 2.80 bits per heavy atom. The first-order chi connectivity index (χ1) is 14.6. The summed E-state index contributed by atoms with van der Waals surface area (Å²) in [6, 6.07) is 9.71. The Morgan fingerprint density at radius 1 is 1.17 bits per heavy atom. The average molecular weight is 399 g/mol. The molecule has 3 aromatic rings. The fourth-order valence-corrected chi connectivity index (χ4v) is 4.37. The van der Waals surface area contributed by atoms with Gasteiger partial charge in [0.2, 0.25) is 5.82 Å². The second-order valence-corrected chi connectivity index (χ2v) is 7.49. The number of carbonyl (C=O) groups excluding carboxylic acids is 1. The summed E-state index contributed by atoms with van der Waals surface area (Å²) in [5, 5.41) is 4.28. The first-order valence-electron chi connectivity index (χ1n) is 10.0. The zero-order chi connectivity index (χ0) is 20.7. The maximum absolute atomic E-state index is 13.1. The maximum Gasteiger partial charge on any atom is 0.255 e. The lowest BCUT2D eigenvalue weighted by Gasteiger charge is -2.45. The van der Waals surface area contributed by atoms with Gasteiger partial charge in [0, 0.05) is 19.2 Å². The fourth-order valence-electron chi connectivity index (χ4n) is 4.37. The number of fused-ring (bicyclic) bond motifs is 3. The summed E-state index contributed by atoms with van der Waals surface area (Å²) < 4.78 is 1.54. The highest BCUT2D eigenvalue weighted by Gasteiger charge is 2.52. The zero-order valence-corrected chi connectivity index (χ0v) is 16.9. The molecule has 1 aromatic carbocycles. The third kappa shape index (κ3) is 2.66. The first-order valence-corrected chi connectivity index (χ1v) is 10.0. The third-order valence-corrected chi connectivity index (χ3v) is 5.96. The molecule has 0 aliphatic carbocycles. The van der Waals surface area contributed by atoms with Crippen LogP contribution in [0, 0.1) is 11.8 Å². The van der Waals surface area contributed by atoms with Gasteiger partial charge in [-0.2, -0.15) is 14.8 Å². The Hall–Kier alpha value is -3.73.